The molecular weight excluding hydrogens is 441 g/mol. The molecule has 170 valence electrons. The van der Waals surface area contributed by atoms with Gasteiger partial charge in [0.15, 0.2) is 0 Å². The molecule has 4 rings (SSSR count). The van der Waals surface area contributed by atoms with E-state index >= 15 is 0 Å². The molecule has 0 aliphatic heterocycles. The van der Waals surface area contributed by atoms with Crippen molar-refractivity contribution in [1.82, 2.24) is 5.32 Å². The van der Waals surface area contributed by atoms with Gasteiger partial charge in [-0.25, -0.2) is 9.18 Å². The minimum absolute atomic E-state index is 0.106. The number of rotatable bonds is 7. The Bertz CT molecular complexity index is 1190. The average molecular weight is 466 g/mol. The number of hydrogen-bond acceptors (Lipinski definition) is 4. The molecule has 2 N–H and O–H groups in total. The molecule has 1 aliphatic carbocycles. The highest BCUT2D eigenvalue weighted by Gasteiger charge is 2.19. The van der Waals surface area contributed by atoms with Crippen LogP contribution in [-0.2, 0) is 6.61 Å². The Labute approximate surface area is 197 Å². The van der Waals surface area contributed by atoms with Crippen LogP contribution in [0.1, 0.15) is 52.0 Å². The third-order valence-electron chi connectivity index (χ3n) is 5.71. The number of benzene rings is 3. The number of carboxylic acid groups (broad SMARTS) is 1. The second kappa shape index (κ2) is 10.1. The number of carboxylic acids is 1. The molecule has 0 radical (unpaired) electrons. The van der Waals surface area contributed by atoms with Crippen LogP contribution in [0.4, 0.5) is 4.39 Å². The van der Waals surface area contributed by atoms with Crippen molar-refractivity contribution in [3.8, 4) is 16.9 Å². The molecule has 3 aromatic carbocycles. The maximum atomic E-state index is 13.9. The molecule has 5 nitrogen and oxygen atoms in total. The number of nitrogens with one attached hydrogen (secondary N) is 1. The molecule has 0 atom stereocenters. The molecular formula is C26H24FNO4S. The predicted molar refractivity (Wildman–Crippen MR) is 127 cm³/mol. The van der Waals surface area contributed by atoms with Gasteiger partial charge in [-0.3, -0.25) is 4.79 Å². The van der Waals surface area contributed by atoms with Crippen LogP contribution < -0.4 is 10.1 Å². The van der Waals surface area contributed by atoms with Crippen LogP contribution in [0.5, 0.6) is 5.75 Å². The van der Waals surface area contributed by atoms with Crippen LogP contribution in [0.2, 0.25) is 0 Å². The highest BCUT2D eigenvalue weighted by atomic mass is 32.1. The van der Waals surface area contributed by atoms with Gasteiger partial charge in [0.25, 0.3) is 5.91 Å². The van der Waals surface area contributed by atoms with Gasteiger partial charge in [-0.15, -0.1) is 12.6 Å². The standard InChI is InChI=1S/C26H24FNO4S/c27-20-12-18(11-19(13-20)26(30)31)17-5-3-4-16(10-17)15-32-22-8-9-23(24(33)14-22)25(29)28-21-6-1-2-7-21/h3-5,8-14,21,33H,1-2,6-7,15H2,(H,28,29)(H,30,31). The van der Waals surface area contributed by atoms with Crippen molar-refractivity contribution < 1.29 is 23.8 Å². The number of carbonyl (C=O) groups is 2. The smallest absolute Gasteiger partial charge is 0.335 e. The Kier molecular flexibility index (Phi) is 6.99. The fourth-order valence-electron chi connectivity index (χ4n) is 4.01. The number of ether oxygens (including phenoxy) is 1. The number of thiol groups is 1. The van der Waals surface area contributed by atoms with E-state index in [0.29, 0.717) is 27.3 Å². The summed E-state index contributed by atoms with van der Waals surface area (Å²) in [6, 6.07) is 16.4. The quantitative estimate of drug-likeness (QED) is 0.390. The van der Waals surface area contributed by atoms with E-state index in [-0.39, 0.29) is 24.1 Å². The highest BCUT2D eigenvalue weighted by Crippen LogP contribution is 2.26. The van der Waals surface area contributed by atoms with Crippen LogP contribution in [0.15, 0.2) is 65.6 Å². The molecule has 0 heterocycles. The predicted octanol–water partition coefficient (Wildman–Crippen LogP) is 5.73. The van der Waals surface area contributed by atoms with E-state index in [4.69, 9.17) is 4.74 Å². The number of halogens is 1. The molecule has 0 spiro atoms. The fraction of sp³-hybridized carbons (Fsp3) is 0.231. The monoisotopic (exact) mass is 465 g/mol. The van der Waals surface area contributed by atoms with E-state index in [2.05, 4.69) is 17.9 Å². The Morgan fingerprint density at radius 2 is 1.82 bits per heavy atom. The largest absolute Gasteiger partial charge is 0.489 e. The number of amides is 1. The summed E-state index contributed by atoms with van der Waals surface area (Å²) in [4.78, 5) is 24.3. The number of carbonyl (C=O) groups excluding carboxylic acids is 1. The molecule has 1 amide bonds. The summed E-state index contributed by atoms with van der Waals surface area (Å²) in [5.74, 6) is -1.34. The van der Waals surface area contributed by atoms with Crippen LogP contribution in [0, 0.1) is 5.82 Å². The lowest BCUT2D eigenvalue weighted by Gasteiger charge is -2.14. The van der Waals surface area contributed by atoms with Gasteiger partial charge in [0.05, 0.1) is 11.1 Å². The zero-order chi connectivity index (χ0) is 23.4. The van der Waals surface area contributed by atoms with E-state index in [1.807, 2.05) is 12.1 Å². The first-order chi connectivity index (χ1) is 15.9. The van der Waals surface area contributed by atoms with Crippen LogP contribution >= 0.6 is 12.6 Å². The molecule has 3 aromatic rings. The zero-order valence-corrected chi connectivity index (χ0v) is 18.8. The number of hydrogen-bond donors (Lipinski definition) is 3. The van der Waals surface area contributed by atoms with Crippen LogP contribution in [-0.4, -0.2) is 23.0 Å². The van der Waals surface area contributed by atoms with Gasteiger partial charge in [-0.2, -0.15) is 0 Å². The van der Waals surface area contributed by atoms with E-state index < -0.39 is 11.8 Å². The van der Waals surface area contributed by atoms with Gasteiger partial charge in [0, 0.05) is 10.9 Å². The molecule has 0 aromatic heterocycles. The SMILES string of the molecule is O=C(O)c1cc(F)cc(-c2cccc(COc3ccc(C(=O)NC4CCCC4)c(S)c3)c2)c1. The van der Waals surface area contributed by atoms with Crippen molar-refractivity contribution in [2.75, 3.05) is 0 Å². The van der Waals surface area contributed by atoms with Gasteiger partial charge in [0.2, 0.25) is 0 Å². The van der Waals surface area contributed by atoms with Crippen molar-refractivity contribution in [3.63, 3.8) is 0 Å². The molecule has 0 saturated heterocycles. The maximum Gasteiger partial charge on any atom is 0.335 e. The molecule has 1 fully saturated rings. The van der Waals surface area contributed by atoms with E-state index in [1.54, 1.807) is 30.3 Å². The van der Waals surface area contributed by atoms with Crippen LogP contribution in [0.3, 0.4) is 0 Å². The van der Waals surface area contributed by atoms with Gasteiger partial charge in [0.1, 0.15) is 18.2 Å². The Morgan fingerprint density at radius 1 is 1.03 bits per heavy atom. The minimum atomic E-state index is -1.18. The highest BCUT2D eigenvalue weighted by molar-refractivity contribution is 7.80. The summed E-state index contributed by atoms with van der Waals surface area (Å²) < 4.78 is 19.7. The summed E-state index contributed by atoms with van der Waals surface area (Å²) >= 11 is 4.46. The summed E-state index contributed by atoms with van der Waals surface area (Å²) in [5, 5.41) is 12.2. The molecule has 33 heavy (non-hydrogen) atoms. The van der Waals surface area contributed by atoms with Crippen molar-refractivity contribution in [3.05, 3.63) is 83.2 Å². The summed E-state index contributed by atoms with van der Waals surface area (Å²) in [5.41, 5.74) is 2.40. The molecule has 7 heteroatoms. The molecule has 1 aliphatic rings. The van der Waals surface area contributed by atoms with Crippen LogP contribution in [0.25, 0.3) is 11.1 Å². The van der Waals surface area contributed by atoms with Gasteiger partial charge in [-0.05, 0) is 72.0 Å². The Balaban J connectivity index is 1.44. The lowest BCUT2D eigenvalue weighted by atomic mass is 10.0. The summed E-state index contributed by atoms with van der Waals surface area (Å²) in [6.45, 7) is 0.246. The van der Waals surface area contributed by atoms with E-state index in [9.17, 15) is 19.1 Å². The average Bonchev–Trinajstić information content (AvgIpc) is 3.30. The first-order valence-corrected chi connectivity index (χ1v) is 11.2. The number of aromatic carboxylic acids is 1. The third-order valence-corrected chi connectivity index (χ3v) is 6.08. The van der Waals surface area contributed by atoms with Gasteiger partial charge < -0.3 is 15.2 Å². The second-order valence-electron chi connectivity index (χ2n) is 8.16. The third kappa shape index (κ3) is 5.73. The topological polar surface area (TPSA) is 75.6 Å². The lowest BCUT2D eigenvalue weighted by Crippen LogP contribution is -2.32. The minimum Gasteiger partial charge on any atom is -0.489 e. The summed E-state index contributed by atoms with van der Waals surface area (Å²) in [7, 11) is 0. The van der Waals surface area contributed by atoms with Crippen molar-refractivity contribution >= 4 is 24.5 Å². The van der Waals surface area contributed by atoms with Crippen molar-refractivity contribution in [1.29, 1.82) is 0 Å². The van der Waals surface area contributed by atoms with Gasteiger partial charge >= 0.3 is 5.97 Å². The lowest BCUT2D eigenvalue weighted by molar-refractivity contribution is 0.0696. The van der Waals surface area contributed by atoms with E-state index in [0.717, 1.165) is 37.3 Å². The summed E-state index contributed by atoms with van der Waals surface area (Å²) in [6.07, 6.45) is 4.32. The second-order valence-corrected chi connectivity index (χ2v) is 8.64. The molecule has 1 saturated carbocycles. The molecule has 0 bridgehead atoms. The maximum absolute atomic E-state index is 13.9. The first-order valence-electron chi connectivity index (χ1n) is 10.8. The Hall–Kier alpha value is -3.32. The zero-order valence-electron chi connectivity index (χ0n) is 17.9. The van der Waals surface area contributed by atoms with E-state index in [1.165, 1.54) is 12.1 Å². The fourth-order valence-corrected chi connectivity index (χ4v) is 4.32. The van der Waals surface area contributed by atoms with Crippen molar-refractivity contribution in [2.24, 2.45) is 0 Å². The first kappa shape index (κ1) is 22.9. The Morgan fingerprint density at radius 3 is 2.55 bits per heavy atom. The molecule has 0 unspecified atom stereocenters. The van der Waals surface area contributed by atoms with Gasteiger partial charge in [-0.1, -0.05) is 31.0 Å². The van der Waals surface area contributed by atoms with Crippen molar-refractivity contribution in [2.45, 2.75) is 43.2 Å². The normalized spacial score (nSPS) is 13.6.